The molecule has 0 bridgehead atoms. The Kier molecular flexibility index (Phi) is 8.62. The summed E-state index contributed by atoms with van der Waals surface area (Å²) in [6.07, 6.45) is 3.24. The van der Waals surface area contributed by atoms with E-state index in [9.17, 15) is 24.6 Å². The van der Waals surface area contributed by atoms with Crippen molar-refractivity contribution >= 4 is 47.1 Å². The van der Waals surface area contributed by atoms with Crippen molar-refractivity contribution < 1.29 is 34.1 Å². The van der Waals surface area contributed by atoms with Gasteiger partial charge in [-0.05, 0) is 51.5 Å². The number of rotatable bonds is 8. The van der Waals surface area contributed by atoms with Gasteiger partial charge >= 0.3 is 12.1 Å². The smallest absolute Gasteiger partial charge is 0.413 e. The molecule has 4 heterocycles. The number of aliphatic hydroxyl groups is 2. The molecule has 2 fully saturated rings. The van der Waals surface area contributed by atoms with Crippen molar-refractivity contribution in [3.05, 3.63) is 32.1 Å². The topological polar surface area (TPSA) is 130 Å². The van der Waals surface area contributed by atoms with Gasteiger partial charge in [0.1, 0.15) is 5.70 Å². The van der Waals surface area contributed by atoms with Gasteiger partial charge < -0.3 is 29.5 Å². The van der Waals surface area contributed by atoms with Crippen molar-refractivity contribution in [2.75, 3.05) is 6.79 Å². The summed E-state index contributed by atoms with van der Waals surface area (Å²) in [4.78, 5) is 47.2. The molecule has 2 amide bonds. The van der Waals surface area contributed by atoms with Crippen molar-refractivity contribution in [1.82, 2.24) is 14.8 Å². The number of amides is 2. The van der Waals surface area contributed by atoms with Gasteiger partial charge in [-0.25, -0.2) is 14.6 Å². The van der Waals surface area contributed by atoms with Gasteiger partial charge in [-0.2, -0.15) is 0 Å². The first-order valence-corrected chi connectivity index (χ1v) is 14.2. The fraction of sp³-hybridized carbons (Fsp3) is 0.600. The van der Waals surface area contributed by atoms with Crippen molar-refractivity contribution in [3.8, 4) is 0 Å². The number of thioether (sulfide) groups is 1. The van der Waals surface area contributed by atoms with Crippen molar-refractivity contribution in [2.45, 2.75) is 77.8 Å². The minimum atomic E-state index is -0.854. The molecule has 0 aromatic carbocycles. The molecule has 202 valence electrons. The lowest BCUT2D eigenvalue weighted by atomic mass is 9.79. The molecule has 10 nitrogen and oxygen atoms in total. The molecule has 1 aromatic rings. The Bertz CT molecular complexity index is 1090. The zero-order valence-corrected chi connectivity index (χ0v) is 23.0. The molecular weight excluding hydrogens is 518 g/mol. The van der Waals surface area contributed by atoms with Gasteiger partial charge in [0, 0.05) is 22.9 Å². The number of thiazole rings is 1. The van der Waals surface area contributed by atoms with Gasteiger partial charge in [-0.15, -0.1) is 11.3 Å². The number of esters is 1. The van der Waals surface area contributed by atoms with Gasteiger partial charge in [0.25, 0.3) is 0 Å². The maximum absolute atomic E-state index is 13.2. The lowest BCUT2D eigenvalue weighted by Crippen LogP contribution is -2.63. The Balaban J connectivity index is 1.48. The molecule has 4 rings (SSSR count). The minimum Gasteiger partial charge on any atom is -0.423 e. The van der Waals surface area contributed by atoms with Gasteiger partial charge in [0.2, 0.25) is 12.7 Å². The van der Waals surface area contributed by atoms with Crippen LogP contribution in [0.5, 0.6) is 0 Å². The SMILES string of the molecule is C[C@@H]1CCC[C@H](C)N1C(=O)OCOC(=O)C1=C(SC=Cc2scnc2CO)[C@H](C)[C@@H]2[C@@H]([C@@H](C)O)C(=O)N12. The molecule has 3 aliphatic heterocycles. The number of fused-ring (bicyclic) bond motifs is 1. The van der Waals surface area contributed by atoms with E-state index < -0.39 is 30.9 Å². The van der Waals surface area contributed by atoms with E-state index in [0.717, 1.165) is 24.1 Å². The van der Waals surface area contributed by atoms with Gasteiger partial charge in [0.05, 0.1) is 40.8 Å². The van der Waals surface area contributed by atoms with Crippen LogP contribution in [0.15, 0.2) is 21.5 Å². The van der Waals surface area contributed by atoms with Crippen molar-refractivity contribution in [1.29, 1.82) is 0 Å². The predicted octanol–water partition coefficient (Wildman–Crippen LogP) is 3.31. The molecule has 0 radical (unpaired) electrons. The highest BCUT2D eigenvalue weighted by Gasteiger charge is 2.60. The molecule has 0 unspecified atom stereocenters. The molecular formula is C25H33N3O7S2. The summed E-state index contributed by atoms with van der Waals surface area (Å²) in [6, 6.07) is -0.274. The lowest BCUT2D eigenvalue weighted by Gasteiger charge is -2.46. The number of piperidine rings is 1. The zero-order valence-electron chi connectivity index (χ0n) is 21.3. The number of ether oxygens (including phenoxy) is 2. The highest BCUT2D eigenvalue weighted by Crippen LogP contribution is 2.51. The second kappa shape index (κ2) is 11.5. The first-order valence-electron chi connectivity index (χ1n) is 12.4. The molecule has 2 N–H and O–H groups in total. The van der Waals surface area contributed by atoms with Gasteiger partial charge in [-0.1, -0.05) is 18.7 Å². The van der Waals surface area contributed by atoms with Gasteiger partial charge in [-0.3, -0.25) is 4.79 Å². The van der Waals surface area contributed by atoms with E-state index in [-0.39, 0.29) is 42.3 Å². The molecule has 0 saturated carbocycles. The maximum atomic E-state index is 13.2. The lowest BCUT2D eigenvalue weighted by molar-refractivity contribution is -0.166. The summed E-state index contributed by atoms with van der Waals surface area (Å²) >= 11 is 2.66. The third kappa shape index (κ3) is 5.29. The Morgan fingerprint density at radius 3 is 2.62 bits per heavy atom. The largest absolute Gasteiger partial charge is 0.423 e. The predicted molar refractivity (Wildman–Crippen MR) is 139 cm³/mol. The first-order chi connectivity index (χ1) is 17.7. The highest BCUT2D eigenvalue weighted by molar-refractivity contribution is 8.06. The molecule has 2 saturated heterocycles. The van der Waals surface area contributed by atoms with Crippen LogP contribution >= 0.6 is 23.1 Å². The van der Waals surface area contributed by atoms with E-state index in [2.05, 4.69) is 4.98 Å². The van der Waals surface area contributed by atoms with Gasteiger partial charge in [0.15, 0.2) is 0 Å². The molecule has 6 atom stereocenters. The van der Waals surface area contributed by atoms with Crippen LogP contribution in [0.25, 0.3) is 6.08 Å². The van der Waals surface area contributed by atoms with Crippen molar-refractivity contribution in [2.24, 2.45) is 11.8 Å². The Morgan fingerprint density at radius 2 is 1.97 bits per heavy atom. The molecule has 3 aliphatic rings. The highest BCUT2D eigenvalue weighted by atomic mass is 32.2. The maximum Gasteiger partial charge on any atom is 0.413 e. The number of aromatic nitrogens is 1. The average Bonchev–Trinajstić information content (AvgIpc) is 3.39. The summed E-state index contributed by atoms with van der Waals surface area (Å²) in [5.74, 6) is -1.92. The van der Waals surface area contributed by atoms with E-state index in [0.29, 0.717) is 10.6 Å². The second-order valence-electron chi connectivity index (χ2n) is 9.70. The van der Waals surface area contributed by atoms with E-state index in [1.54, 1.807) is 28.8 Å². The van der Waals surface area contributed by atoms with E-state index in [4.69, 9.17) is 9.47 Å². The zero-order chi connectivity index (χ0) is 26.9. The fourth-order valence-electron chi connectivity index (χ4n) is 5.43. The molecule has 1 aromatic heterocycles. The number of hydrogen-bond donors (Lipinski definition) is 2. The number of nitrogens with zero attached hydrogens (tertiary/aromatic N) is 3. The normalized spacial score (nSPS) is 28.4. The molecule has 12 heteroatoms. The van der Waals surface area contributed by atoms with Crippen LogP contribution in [0.4, 0.5) is 4.79 Å². The number of β-lactam (4-membered cyclic amide) rings is 1. The number of carbonyl (C=O) groups is 3. The van der Waals surface area contributed by atoms with Crippen LogP contribution in [0.3, 0.4) is 0 Å². The summed E-state index contributed by atoms with van der Waals surface area (Å²) < 4.78 is 10.6. The summed E-state index contributed by atoms with van der Waals surface area (Å²) in [5, 5.41) is 21.4. The van der Waals surface area contributed by atoms with Crippen LogP contribution < -0.4 is 0 Å². The van der Waals surface area contributed by atoms with Crippen LogP contribution in [0, 0.1) is 11.8 Å². The average molecular weight is 552 g/mol. The third-order valence-electron chi connectivity index (χ3n) is 7.32. The summed E-state index contributed by atoms with van der Waals surface area (Å²) in [7, 11) is 0. The number of aliphatic hydroxyl groups excluding tert-OH is 2. The Hall–Kier alpha value is -2.41. The summed E-state index contributed by atoms with van der Waals surface area (Å²) in [6.45, 7) is 6.66. The van der Waals surface area contributed by atoms with Crippen LogP contribution in [-0.4, -0.2) is 74.0 Å². The Morgan fingerprint density at radius 1 is 1.27 bits per heavy atom. The quantitative estimate of drug-likeness (QED) is 0.284. The monoisotopic (exact) mass is 551 g/mol. The molecule has 0 aliphatic carbocycles. The standard InChI is InChI=1S/C25H33N3O7S2/c1-13-6-5-7-14(2)27(13)25(33)35-12-34-24(32)21-22(36-9-8-18-17(10-29)26-11-37-18)15(3)20-19(16(4)30)23(31)28(20)21/h8-9,11,13-16,19-20,29-30H,5-7,10,12H2,1-4H3/t13-,14+,15-,16-,19-,20-/m1/s1. The van der Waals surface area contributed by atoms with Crippen LogP contribution in [0.2, 0.25) is 0 Å². The van der Waals surface area contributed by atoms with E-state index in [1.165, 1.54) is 28.0 Å². The second-order valence-corrected chi connectivity index (χ2v) is 11.5. The Labute approximate surface area is 224 Å². The molecule has 0 spiro atoms. The van der Waals surface area contributed by atoms with Crippen LogP contribution in [0.1, 0.15) is 57.5 Å². The fourth-order valence-corrected chi connectivity index (χ4v) is 7.21. The van der Waals surface area contributed by atoms with E-state index >= 15 is 0 Å². The summed E-state index contributed by atoms with van der Waals surface area (Å²) in [5.41, 5.74) is 2.31. The first kappa shape index (κ1) is 27.6. The minimum absolute atomic E-state index is 0.0434. The molecule has 37 heavy (non-hydrogen) atoms. The number of carbonyl (C=O) groups excluding carboxylic acids is 3. The third-order valence-corrected chi connectivity index (χ3v) is 9.24. The van der Waals surface area contributed by atoms with Crippen molar-refractivity contribution in [3.63, 3.8) is 0 Å². The number of hydrogen-bond acceptors (Lipinski definition) is 10. The van der Waals surface area contributed by atoms with E-state index in [1.807, 2.05) is 20.8 Å². The van der Waals surface area contributed by atoms with Crippen LogP contribution in [-0.2, 0) is 25.7 Å². The number of likely N-dealkylation sites (tertiary alicyclic amines) is 1.